The maximum Gasteiger partial charge on any atom is 0.355 e. The number of carbonyl (C=O) groups is 1. The fraction of sp³-hybridized carbons (Fsp3) is 0.477. The second kappa shape index (κ2) is 22.0. The molecule has 1 aliphatic heterocycles. The number of aryl methyl sites for hydroxylation is 2. The standard InChI is InChI=1S/C44H56FN9O3S2/c1-32-30-39(49-50-41(32)48-43-46-35-17-10-11-18-37(35)58-43)54(24-13-9-7-5-6-8-12-23-53-27-25-52(4)26-28-53)44-47-40(42(55)56)38(59-44)19-15-29-57-36-21-20-33(31-34(36)45)16-14-22-51(2)3/h10-11,17-18,20-21,30-31H,5-9,12-13,15,19,22-29H2,1-4H3,(H,55,56)(H,46,48,50). The highest BCUT2D eigenvalue weighted by Gasteiger charge is 2.23. The van der Waals surface area contributed by atoms with Crippen LogP contribution in [0.1, 0.15) is 77.9 Å². The van der Waals surface area contributed by atoms with E-state index in [0.717, 1.165) is 53.3 Å². The number of piperazine rings is 1. The number of hydrogen-bond acceptors (Lipinski definition) is 13. The molecule has 0 spiro atoms. The van der Waals surface area contributed by atoms with Crippen molar-refractivity contribution in [2.45, 2.75) is 64.7 Å². The lowest BCUT2D eigenvalue weighted by molar-refractivity contribution is 0.0690. The Morgan fingerprint density at radius 3 is 2.44 bits per heavy atom. The molecule has 0 unspecified atom stereocenters. The monoisotopic (exact) mass is 841 g/mol. The van der Waals surface area contributed by atoms with Crippen molar-refractivity contribution < 1.29 is 19.0 Å². The molecule has 5 aromatic rings. The molecular formula is C44H56FN9O3S2. The molecule has 0 aliphatic carbocycles. The molecule has 0 atom stereocenters. The number of halogens is 1. The number of hydrogen-bond donors (Lipinski definition) is 2. The maximum atomic E-state index is 14.8. The average Bonchev–Trinajstić information content (AvgIpc) is 3.83. The lowest BCUT2D eigenvalue weighted by atomic mass is 10.1. The summed E-state index contributed by atoms with van der Waals surface area (Å²) in [5.41, 5.74) is 2.39. The van der Waals surface area contributed by atoms with Crippen LogP contribution in [0.4, 0.5) is 26.3 Å². The zero-order valence-corrected chi connectivity index (χ0v) is 36.3. The van der Waals surface area contributed by atoms with Crippen LogP contribution in [-0.4, -0.2) is 120 Å². The highest BCUT2D eigenvalue weighted by molar-refractivity contribution is 7.22. The normalized spacial score (nSPS) is 13.5. The number of nitrogens with zero attached hydrogens (tertiary/aromatic N) is 8. The molecule has 4 heterocycles. The molecule has 0 radical (unpaired) electrons. The number of benzene rings is 2. The van der Waals surface area contributed by atoms with E-state index in [4.69, 9.17) is 4.74 Å². The minimum absolute atomic E-state index is 0.0113. The summed E-state index contributed by atoms with van der Waals surface area (Å²) >= 11 is 2.90. The van der Waals surface area contributed by atoms with Gasteiger partial charge < -0.3 is 29.9 Å². The number of ether oxygens (including phenoxy) is 1. The number of rotatable bonds is 21. The van der Waals surface area contributed by atoms with Crippen molar-refractivity contribution in [2.75, 3.05) is 83.8 Å². The lowest BCUT2D eigenvalue weighted by Gasteiger charge is -2.32. The molecule has 6 rings (SSSR count). The molecule has 15 heteroatoms. The summed E-state index contributed by atoms with van der Waals surface area (Å²) in [4.78, 5) is 31.3. The number of carboxylic acid groups (broad SMARTS) is 1. The van der Waals surface area contributed by atoms with Gasteiger partial charge in [0.25, 0.3) is 0 Å². The summed E-state index contributed by atoms with van der Waals surface area (Å²) in [6.45, 7) is 9.24. The smallest absolute Gasteiger partial charge is 0.355 e. The average molecular weight is 842 g/mol. The number of para-hydroxylation sites is 1. The summed E-state index contributed by atoms with van der Waals surface area (Å²) in [5.74, 6) is 5.74. The summed E-state index contributed by atoms with van der Waals surface area (Å²) < 4.78 is 21.6. The van der Waals surface area contributed by atoms with Crippen LogP contribution in [0.25, 0.3) is 10.2 Å². The first-order chi connectivity index (χ1) is 28.6. The zero-order chi connectivity index (χ0) is 41.6. The van der Waals surface area contributed by atoms with Crippen molar-refractivity contribution in [1.29, 1.82) is 0 Å². The van der Waals surface area contributed by atoms with Gasteiger partial charge in [-0.15, -0.1) is 21.5 Å². The summed E-state index contributed by atoms with van der Waals surface area (Å²) in [6, 6.07) is 14.6. The van der Waals surface area contributed by atoms with Crippen molar-refractivity contribution in [3.05, 3.63) is 76.0 Å². The van der Waals surface area contributed by atoms with Gasteiger partial charge in [0.1, 0.15) is 0 Å². The predicted octanol–water partition coefficient (Wildman–Crippen LogP) is 8.47. The molecule has 2 aromatic carbocycles. The fourth-order valence-corrected chi connectivity index (χ4v) is 8.82. The minimum Gasteiger partial charge on any atom is -0.491 e. The Morgan fingerprint density at radius 1 is 0.949 bits per heavy atom. The van der Waals surface area contributed by atoms with E-state index in [-0.39, 0.29) is 18.1 Å². The number of aromatic nitrogens is 4. The van der Waals surface area contributed by atoms with Crippen LogP contribution in [0, 0.1) is 24.6 Å². The van der Waals surface area contributed by atoms with E-state index in [1.807, 2.05) is 61.2 Å². The lowest BCUT2D eigenvalue weighted by Crippen LogP contribution is -2.44. The van der Waals surface area contributed by atoms with Crippen molar-refractivity contribution >= 4 is 60.8 Å². The van der Waals surface area contributed by atoms with E-state index in [0.29, 0.717) is 53.1 Å². The zero-order valence-electron chi connectivity index (χ0n) is 34.7. The van der Waals surface area contributed by atoms with E-state index < -0.39 is 11.8 Å². The second-order valence-electron chi connectivity index (χ2n) is 15.3. The summed E-state index contributed by atoms with van der Waals surface area (Å²) in [6.07, 6.45) is 8.89. The van der Waals surface area contributed by atoms with Gasteiger partial charge in [-0.25, -0.2) is 19.2 Å². The molecular weight excluding hydrogens is 786 g/mol. The van der Waals surface area contributed by atoms with Gasteiger partial charge in [0.05, 0.1) is 23.4 Å². The van der Waals surface area contributed by atoms with Gasteiger partial charge in [-0.1, -0.05) is 67.4 Å². The van der Waals surface area contributed by atoms with Gasteiger partial charge in [-0.2, -0.15) is 0 Å². The number of anilines is 4. The van der Waals surface area contributed by atoms with Crippen LogP contribution in [0.5, 0.6) is 5.75 Å². The van der Waals surface area contributed by atoms with Crippen LogP contribution in [0.3, 0.4) is 0 Å². The number of aromatic carboxylic acids is 1. The molecule has 1 saturated heterocycles. The number of thiazole rings is 2. The van der Waals surface area contributed by atoms with E-state index in [1.165, 1.54) is 62.7 Å². The third kappa shape index (κ3) is 13.1. The molecule has 1 fully saturated rings. The van der Waals surface area contributed by atoms with Gasteiger partial charge in [0, 0.05) is 43.2 Å². The Balaban J connectivity index is 1.08. The Bertz CT molecular complexity index is 2160. The largest absolute Gasteiger partial charge is 0.491 e. The first-order valence-electron chi connectivity index (χ1n) is 20.6. The summed E-state index contributed by atoms with van der Waals surface area (Å²) in [7, 11) is 6.05. The van der Waals surface area contributed by atoms with E-state index in [2.05, 4.69) is 54.2 Å². The third-order valence-corrected chi connectivity index (χ3v) is 12.3. The second-order valence-corrected chi connectivity index (χ2v) is 17.4. The highest BCUT2D eigenvalue weighted by atomic mass is 32.1. The van der Waals surface area contributed by atoms with Crippen LogP contribution in [0.15, 0.2) is 48.5 Å². The molecule has 3 aromatic heterocycles. The molecule has 314 valence electrons. The molecule has 0 saturated carbocycles. The Hall–Kier alpha value is -4.72. The Morgan fingerprint density at radius 2 is 1.71 bits per heavy atom. The topological polar surface area (TPSA) is 123 Å². The maximum absolute atomic E-state index is 14.8. The van der Waals surface area contributed by atoms with E-state index >= 15 is 0 Å². The van der Waals surface area contributed by atoms with Crippen LogP contribution >= 0.6 is 22.7 Å². The fourth-order valence-electron chi connectivity index (χ4n) is 6.82. The van der Waals surface area contributed by atoms with Crippen molar-refractivity contribution in [1.82, 2.24) is 34.9 Å². The Labute approximate surface area is 355 Å². The highest BCUT2D eigenvalue weighted by Crippen LogP contribution is 2.34. The van der Waals surface area contributed by atoms with Gasteiger partial charge in [0.2, 0.25) is 0 Å². The molecule has 0 bridgehead atoms. The number of carboxylic acids is 1. The van der Waals surface area contributed by atoms with Crippen LogP contribution in [-0.2, 0) is 6.42 Å². The summed E-state index contributed by atoms with van der Waals surface area (Å²) in [5, 5.41) is 24.0. The third-order valence-electron chi connectivity index (χ3n) is 10.2. The molecule has 59 heavy (non-hydrogen) atoms. The number of likely N-dealkylation sites (N-methyl/N-ethyl adjacent to an activating group) is 1. The minimum atomic E-state index is -1.09. The van der Waals surface area contributed by atoms with Crippen molar-refractivity contribution in [3.63, 3.8) is 0 Å². The molecule has 0 amide bonds. The van der Waals surface area contributed by atoms with Crippen LogP contribution < -0.4 is 15.0 Å². The Kier molecular flexibility index (Phi) is 16.4. The SMILES string of the molecule is Cc1cc(N(CCCCCCCCCN2CCN(C)CC2)c2nc(C(=O)O)c(CCCOc3ccc(C#CCN(C)C)cc3F)s2)nnc1Nc1nc2ccccc2s1. The first-order valence-corrected chi connectivity index (χ1v) is 22.2. The van der Waals surface area contributed by atoms with Gasteiger partial charge in [-0.3, -0.25) is 4.90 Å². The number of unbranched alkanes of at least 4 members (excludes halogenated alkanes) is 6. The van der Waals surface area contributed by atoms with Gasteiger partial charge in [-0.05, 0) is 102 Å². The quantitative estimate of drug-likeness (QED) is 0.0545. The first kappa shape index (κ1) is 43.8. The molecule has 1 aliphatic rings. The van der Waals surface area contributed by atoms with Gasteiger partial charge in [0.15, 0.2) is 39.2 Å². The van der Waals surface area contributed by atoms with E-state index in [9.17, 15) is 14.3 Å². The van der Waals surface area contributed by atoms with Gasteiger partial charge >= 0.3 is 5.97 Å². The predicted molar refractivity (Wildman–Crippen MR) is 238 cm³/mol. The van der Waals surface area contributed by atoms with Crippen molar-refractivity contribution in [3.8, 4) is 17.6 Å². The van der Waals surface area contributed by atoms with Crippen molar-refractivity contribution in [2.24, 2.45) is 0 Å². The number of fused-ring (bicyclic) bond motifs is 1. The number of nitrogens with one attached hydrogen (secondary N) is 1. The molecule has 12 nitrogen and oxygen atoms in total. The molecule has 2 N–H and O–H groups in total. The van der Waals surface area contributed by atoms with Crippen LogP contribution in [0.2, 0.25) is 0 Å². The van der Waals surface area contributed by atoms with E-state index in [1.54, 1.807) is 23.5 Å².